The van der Waals surface area contributed by atoms with Gasteiger partial charge < -0.3 is 15.2 Å². The lowest BCUT2D eigenvalue weighted by molar-refractivity contribution is 0.0945. The summed E-state index contributed by atoms with van der Waals surface area (Å²) in [5, 5.41) is 12.1. The molecule has 0 aliphatic heterocycles. The number of ether oxygens (including phenoxy) is 1. The fourth-order valence-electron chi connectivity index (χ4n) is 1.35. The molecule has 3 nitrogen and oxygen atoms in total. The predicted octanol–water partition coefficient (Wildman–Crippen LogP) is 0.773. The van der Waals surface area contributed by atoms with Crippen molar-refractivity contribution in [2.45, 2.75) is 32.2 Å². The van der Waals surface area contributed by atoms with Crippen LogP contribution in [0.4, 0.5) is 0 Å². The number of hydrogen-bond acceptors (Lipinski definition) is 3. The second-order valence-corrected chi connectivity index (χ2v) is 3.75. The second kappa shape index (κ2) is 6.35. The van der Waals surface area contributed by atoms with Gasteiger partial charge >= 0.3 is 0 Å². The summed E-state index contributed by atoms with van der Waals surface area (Å²) in [6.07, 6.45) is 3.47. The van der Waals surface area contributed by atoms with Gasteiger partial charge in [0.15, 0.2) is 0 Å². The second-order valence-electron chi connectivity index (χ2n) is 3.75. The average Bonchev–Trinajstić information content (AvgIpc) is 2.89. The highest BCUT2D eigenvalue weighted by atomic mass is 16.5. The molecule has 0 spiro atoms. The zero-order chi connectivity index (χ0) is 9.52. The van der Waals surface area contributed by atoms with E-state index in [0.29, 0.717) is 6.04 Å². The molecule has 0 radical (unpaired) electrons. The van der Waals surface area contributed by atoms with Crippen molar-refractivity contribution in [1.29, 1.82) is 0 Å². The van der Waals surface area contributed by atoms with Crippen LogP contribution in [-0.4, -0.2) is 37.5 Å². The fraction of sp³-hybridized carbons (Fsp3) is 1.00. The third-order valence-corrected chi connectivity index (χ3v) is 2.34. The normalized spacial score (nSPS) is 18.9. The Balaban J connectivity index is 1.98. The Bertz CT molecular complexity index is 120. The zero-order valence-corrected chi connectivity index (χ0v) is 8.46. The summed E-state index contributed by atoms with van der Waals surface area (Å²) in [6.45, 7) is 4.91. The molecule has 0 saturated heterocycles. The lowest BCUT2D eigenvalue weighted by Crippen LogP contribution is -2.34. The van der Waals surface area contributed by atoms with Crippen LogP contribution < -0.4 is 5.32 Å². The lowest BCUT2D eigenvalue weighted by Gasteiger charge is -2.16. The van der Waals surface area contributed by atoms with E-state index in [1.54, 1.807) is 0 Å². The molecule has 1 atom stereocenters. The molecule has 1 aliphatic carbocycles. The first kappa shape index (κ1) is 11.0. The molecule has 78 valence electrons. The van der Waals surface area contributed by atoms with Crippen LogP contribution >= 0.6 is 0 Å². The minimum absolute atomic E-state index is 0.241. The van der Waals surface area contributed by atoms with Gasteiger partial charge in [0.1, 0.15) is 0 Å². The van der Waals surface area contributed by atoms with E-state index in [1.807, 2.05) is 0 Å². The van der Waals surface area contributed by atoms with Gasteiger partial charge in [-0.3, -0.25) is 0 Å². The van der Waals surface area contributed by atoms with Gasteiger partial charge in [0.2, 0.25) is 0 Å². The highest BCUT2D eigenvalue weighted by Crippen LogP contribution is 2.28. The van der Waals surface area contributed by atoms with Gasteiger partial charge in [0.05, 0.1) is 6.61 Å². The molecule has 1 fully saturated rings. The number of aliphatic hydroxyl groups is 1. The first-order valence-corrected chi connectivity index (χ1v) is 5.28. The van der Waals surface area contributed by atoms with Crippen LogP contribution in [-0.2, 0) is 4.74 Å². The summed E-state index contributed by atoms with van der Waals surface area (Å²) < 4.78 is 5.55. The number of aliphatic hydroxyl groups excluding tert-OH is 1. The Morgan fingerprint density at radius 2 is 2.31 bits per heavy atom. The summed E-state index contributed by atoms with van der Waals surface area (Å²) in [4.78, 5) is 0. The molecule has 0 aromatic carbocycles. The van der Waals surface area contributed by atoms with Gasteiger partial charge in [-0.15, -0.1) is 0 Å². The van der Waals surface area contributed by atoms with Crippen molar-refractivity contribution >= 4 is 0 Å². The lowest BCUT2D eigenvalue weighted by atomic mass is 10.2. The van der Waals surface area contributed by atoms with Crippen molar-refractivity contribution in [1.82, 2.24) is 5.32 Å². The monoisotopic (exact) mass is 187 g/mol. The van der Waals surface area contributed by atoms with E-state index in [1.165, 1.54) is 12.8 Å². The molecule has 1 rings (SSSR count). The Kier molecular flexibility index (Phi) is 5.35. The van der Waals surface area contributed by atoms with Crippen LogP contribution in [0, 0.1) is 5.92 Å². The highest BCUT2D eigenvalue weighted by molar-refractivity contribution is 4.73. The molecule has 1 unspecified atom stereocenters. The van der Waals surface area contributed by atoms with Crippen LogP contribution in [0.2, 0.25) is 0 Å². The van der Waals surface area contributed by atoms with Crippen molar-refractivity contribution in [3.63, 3.8) is 0 Å². The number of nitrogens with one attached hydrogen (secondary N) is 1. The topological polar surface area (TPSA) is 41.5 Å². The van der Waals surface area contributed by atoms with Crippen LogP contribution in [0.1, 0.15) is 26.2 Å². The molecule has 0 aromatic heterocycles. The number of rotatable bonds is 8. The molecule has 2 N–H and O–H groups in total. The Labute approximate surface area is 80.5 Å². The predicted molar refractivity (Wildman–Crippen MR) is 52.7 cm³/mol. The van der Waals surface area contributed by atoms with E-state index in [9.17, 15) is 0 Å². The maximum Gasteiger partial charge on any atom is 0.0620 e. The van der Waals surface area contributed by atoms with E-state index >= 15 is 0 Å². The Hall–Kier alpha value is -0.120. The fourth-order valence-corrected chi connectivity index (χ4v) is 1.35. The minimum atomic E-state index is 0.241. The smallest absolute Gasteiger partial charge is 0.0620 e. The van der Waals surface area contributed by atoms with Crippen molar-refractivity contribution in [3.8, 4) is 0 Å². The van der Waals surface area contributed by atoms with E-state index in [0.717, 1.165) is 32.1 Å². The van der Waals surface area contributed by atoms with Gasteiger partial charge in [-0.05, 0) is 31.7 Å². The molecule has 1 aliphatic rings. The first-order valence-electron chi connectivity index (χ1n) is 5.28. The summed E-state index contributed by atoms with van der Waals surface area (Å²) >= 11 is 0. The molecule has 3 heteroatoms. The largest absolute Gasteiger partial charge is 0.396 e. The number of likely N-dealkylation sites (N-methyl/N-ethyl adjacent to an activating group) is 1. The van der Waals surface area contributed by atoms with Crippen molar-refractivity contribution in [2.75, 3.05) is 26.4 Å². The number of hydrogen-bond donors (Lipinski definition) is 2. The van der Waals surface area contributed by atoms with Crippen LogP contribution in [0.5, 0.6) is 0 Å². The van der Waals surface area contributed by atoms with Crippen molar-refractivity contribution in [2.24, 2.45) is 5.92 Å². The Morgan fingerprint density at radius 1 is 1.54 bits per heavy atom. The third-order valence-electron chi connectivity index (χ3n) is 2.34. The van der Waals surface area contributed by atoms with Gasteiger partial charge in [0, 0.05) is 19.3 Å². The average molecular weight is 187 g/mol. The summed E-state index contributed by atoms with van der Waals surface area (Å²) in [5.41, 5.74) is 0. The van der Waals surface area contributed by atoms with Crippen LogP contribution in [0.25, 0.3) is 0 Å². The molecular formula is C10H21NO2. The van der Waals surface area contributed by atoms with Crippen LogP contribution in [0.3, 0.4) is 0 Å². The summed E-state index contributed by atoms with van der Waals surface area (Å²) in [6, 6.07) is 0.328. The van der Waals surface area contributed by atoms with Gasteiger partial charge in [-0.1, -0.05) is 6.92 Å². The molecule has 0 heterocycles. The molecule has 0 amide bonds. The first-order chi connectivity index (χ1) is 6.36. The SMILES string of the molecule is CCNC(CCO)COCC1CC1. The van der Waals surface area contributed by atoms with Gasteiger partial charge in [-0.2, -0.15) is 0 Å². The third kappa shape index (κ3) is 5.24. The molecule has 13 heavy (non-hydrogen) atoms. The Morgan fingerprint density at radius 3 is 2.85 bits per heavy atom. The van der Waals surface area contributed by atoms with E-state index < -0.39 is 0 Å². The summed E-state index contributed by atoms with van der Waals surface area (Å²) in [5.74, 6) is 0.830. The minimum Gasteiger partial charge on any atom is -0.396 e. The molecule has 1 saturated carbocycles. The van der Waals surface area contributed by atoms with E-state index in [2.05, 4.69) is 12.2 Å². The maximum absolute atomic E-state index is 8.79. The summed E-state index contributed by atoms with van der Waals surface area (Å²) in [7, 11) is 0. The van der Waals surface area contributed by atoms with Crippen molar-refractivity contribution in [3.05, 3.63) is 0 Å². The van der Waals surface area contributed by atoms with Crippen molar-refractivity contribution < 1.29 is 9.84 Å². The molecule has 0 aromatic rings. The zero-order valence-electron chi connectivity index (χ0n) is 8.46. The standard InChI is InChI=1S/C10H21NO2/c1-2-11-10(5-6-12)8-13-7-9-3-4-9/h9-12H,2-8H2,1H3. The quantitative estimate of drug-likeness (QED) is 0.590. The molecular weight excluding hydrogens is 166 g/mol. The van der Waals surface area contributed by atoms with Gasteiger partial charge in [-0.25, -0.2) is 0 Å². The molecule has 0 bridgehead atoms. The van der Waals surface area contributed by atoms with E-state index in [4.69, 9.17) is 9.84 Å². The van der Waals surface area contributed by atoms with E-state index in [-0.39, 0.29) is 6.61 Å². The van der Waals surface area contributed by atoms with Crippen LogP contribution in [0.15, 0.2) is 0 Å². The highest BCUT2D eigenvalue weighted by Gasteiger charge is 2.21. The maximum atomic E-state index is 8.79. The van der Waals surface area contributed by atoms with Gasteiger partial charge in [0.25, 0.3) is 0 Å².